The molecule has 0 bridgehead atoms. The minimum atomic E-state index is -4.42. The van der Waals surface area contributed by atoms with Crippen molar-refractivity contribution in [3.63, 3.8) is 0 Å². The van der Waals surface area contributed by atoms with Crippen molar-refractivity contribution in [1.29, 1.82) is 0 Å². The number of sulfone groups is 1. The van der Waals surface area contributed by atoms with Crippen LogP contribution in [0.4, 0.5) is 13.2 Å². The van der Waals surface area contributed by atoms with Gasteiger partial charge in [-0.3, -0.25) is 4.79 Å². The predicted molar refractivity (Wildman–Crippen MR) is 93.4 cm³/mol. The number of halogens is 3. The number of benzene rings is 2. The second-order valence-electron chi connectivity index (χ2n) is 5.53. The highest BCUT2D eigenvalue weighted by Gasteiger charge is 2.30. The number of alkyl halides is 3. The lowest BCUT2D eigenvalue weighted by atomic mass is 10.2. The minimum absolute atomic E-state index is 0.0137. The van der Waals surface area contributed by atoms with Gasteiger partial charge < -0.3 is 10.1 Å². The van der Waals surface area contributed by atoms with E-state index in [0.29, 0.717) is 0 Å². The Balaban J connectivity index is 1.92. The van der Waals surface area contributed by atoms with Crippen LogP contribution >= 0.6 is 0 Å². The summed E-state index contributed by atoms with van der Waals surface area (Å²) in [5.74, 6) is -0.473. The molecular formula is C18H18F3NO4S. The number of rotatable bonds is 7. The van der Waals surface area contributed by atoms with E-state index in [-0.39, 0.29) is 35.1 Å². The molecule has 2 aromatic rings. The molecule has 5 nitrogen and oxygen atoms in total. The van der Waals surface area contributed by atoms with Gasteiger partial charge in [0.15, 0.2) is 9.84 Å². The molecule has 1 N–H and O–H groups in total. The second-order valence-corrected chi connectivity index (χ2v) is 7.77. The van der Waals surface area contributed by atoms with E-state index >= 15 is 0 Å². The van der Waals surface area contributed by atoms with Gasteiger partial charge in [-0.2, -0.15) is 13.2 Å². The third-order valence-corrected chi connectivity index (χ3v) is 5.47. The van der Waals surface area contributed by atoms with Gasteiger partial charge in [-0.25, -0.2) is 8.42 Å². The van der Waals surface area contributed by atoms with Crippen molar-refractivity contribution >= 4 is 15.7 Å². The molecule has 0 heterocycles. The Morgan fingerprint density at radius 3 is 2.30 bits per heavy atom. The van der Waals surface area contributed by atoms with Crippen molar-refractivity contribution in [1.82, 2.24) is 5.32 Å². The summed E-state index contributed by atoms with van der Waals surface area (Å²) in [7, 11) is -3.55. The molecule has 0 aromatic heterocycles. The van der Waals surface area contributed by atoms with Crippen LogP contribution in [0.5, 0.6) is 5.75 Å². The molecule has 2 aromatic carbocycles. The molecule has 0 radical (unpaired) electrons. The van der Waals surface area contributed by atoms with Gasteiger partial charge >= 0.3 is 6.18 Å². The smallest absolute Gasteiger partial charge is 0.416 e. The van der Waals surface area contributed by atoms with E-state index in [2.05, 4.69) is 5.32 Å². The maximum absolute atomic E-state index is 12.5. The lowest BCUT2D eigenvalue weighted by Crippen LogP contribution is -2.29. The number of hydrogen-bond acceptors (Lipinski definition) is 4. The number of ether oxygens (including phenoxy) is 1. The van der Waals surface area contributed by atoms with Crippen LogP contribution in [0.3, 0.4) is 0 Å². The van der Waals surface area contributed by atoms with Crippen molar-refractivity contribution in [3.8, 4) is 5.75 Å². The summed E-state index contributed by atoms with van der Waals surface area (Å²) in [6.07, 6.45) is -4.42. The first-order chi connectivity index (χ1) is 12.6. The quantitative estimate of drug-likeness (QED) is 0.723. The van der Waals surface area contributed by atoms with Gasteiger partial charge in [-0.05, 0) is 36.4 Å². The topological polar surface area (TPSA) is 72.5 Å². The van der Waals surface area contributed by atoms with E-state index in [1.54, 1.807) is 6.07 Å². The van der Waals surface area contributed by atoms with Crippen LogP contribution in [0, 0.1) is 0 Å². The molecule has 0 aliphatic rings. The number of carbonyl (C=O) groups is 1. The fourth-order valence-electron chi connectivity index (χ4n) is 2.25. The number of nitrogens with one attached hydrogen (secondary N) is 1. The van der Waals surface area contributed by atoms with Crippen LogP contribution in [0.15, 0.2) is 53.4 Å². The fraction of sp³-hybridized carbons (Fsp3) is 0.278. The van der Waals surface area contributed by atoms with Crippen molar-refractivity contribution < 1.29 is 31.1 Å². The average Bonchev–Trinajstić information content (AvgIpc) is 2.64. The predicted octanol–water partition coefficient (Wildman–Crippen LogP) is 3.31. The average molecular weight is 401 g/mol. The standard InChI is InChI=1S/C18H18F3NO4S/c1-2-27(24,25)16-6-4-3-5-15(16)17(23)22-11-12-26-14-9-7-13(8-10-14)18(19,20)21/h3-10H,2,11-12H2,1H3,(H,22,23). The number of carbonyl (C=O) groups excluding carboxylic acids is 1. The van der Waals surface area contributed by atoms with Gasteiger partial charge in [0.2, 0.25) is 0 Å². The minimum Gasteiger partial charge on any atom is -0.492 e. The summed E-state index contributed by atoms with van der Waals surface area (Å²) in [5, 5.41) is 2.53. The first-order valence-corrected chi connectivity index (χ1v) is 9.70. The van der Waals surface area contributed by atoms with Crippen LogP contribution in [-0.4, -0.2) is 33.2 Å². The molecule has 1 amide bonds. The lowest BCUT2D eigenvalue weighted by Gasteiger charge is -2.11. The summed E-state index contributed by atoms with van der Waals surface area (Å²) >= 11 is 0. The van der Waals surface area contributed by atoms with E-state index in [9.17, 15) is 26.4 Å². The Hall–Kier alpha value is -2.55. The highest BCUT2D eigenvalue weighted by Crippen LogP contribution is 2.30. The summed E-state index contributed by atoms with van der Waals surface area (Å²) < 4.78 is 66.8. The molecule has 9 heteroatoms. The summed E-state index contributed by atoms with van der Waals surface area (Å²) in [4.78, 5) is 12.2. The van der Waals surface area contributed by atoms with Gasteiger partial charge in [-0.1, -0.05) is 19.1 Å². The molecule has 0 atom stereocenters. The van der Waals surface area contributed by atoms with Gasteiger partial charge in [-0.15, -0.1) is 0 Å². The summed E-state index contributed by atoms with van der Waals surface area (Å²) in [5.41, 5.74) is -0.745. The zero-order valence-corrected chi connectivity index (χ0v) is 15.2. The zero-order chi connectivity index (χ0) is 20.1. The molecule has 0 aliphatic carbocycles. The largest absolute Gasteiger partial charge is 0.492 e. The highest BCUT2D eigenvalue weighted by molar-refractivity contribution is 7.91. The van der Waals surface area contributed by atoms with Crippen LogP contribution in [0.2, 0.25) is 0 Å². The molecule has 146 valence electrons. The molecular weight excluding hydrogens is 383 g/mol. The molecule has 0 spiro atoms. The van der Waals surface area contributed by atoms with Crippen LogP contribution in [-0.2, 0) is 16.0 Å². The van der Waals surface area contributed by atoms with Crippen molar-refractivity contribution in [2.75, 3.05) is 18.9 Å². The number of hydrogen-bond donors (Lipinski definition) is 1. The molecule has 0 fully saturated rings. The Morgan fingerprint density at radius 2 is 1.70 bits per heavy atom. The summed E-state index contributed by atoms with van der Waals surface area (Å²) in [6, 6.07) is 10.1. The van der Waals surface area contributed by atoms with E-state index in [0.717, 1.165) is 12.1 Å². The number of amides is 1. The van der Waals surface area contributed by atoms with Gasteiger partial charge in [0.25, 0.3) is 5.91 Å². The van der Waals surface area contributed by atoms with Crippen LogP contribution in [0.1, 0.15) is 22.8 Å². The Labute approximate surface area is 155 Å². The molecule has 27 heavy (non-hydrogen) atoms. The third-order valence-electron chi connectivity index (χ3n) is 3.68. The SMILES string of the molecule is CCS(=O)(=O)c1ccccc1C(=O)NCCOc1ccc(C(F)(F)F)cc1. The highest BCUT2D eigenvalue weighted by atomic mass is 32.2. The Bertz CT molecular complexity index is 894. The van der Waals surface area contributed by atoms with Crippen molar-refractivity contribution in [2.24, 2.45) is 0 Å². The molecule has 0 saturated carbocycles. The molecule has 0 saturated heterocycles. The molecule has 2 rings (SSSR count). The fourth-order valence-corrected chi connectivity index (χ4v) is 3.34. The maximum atomic E-state index is 12.5. The zero-order valence-electron chi connectivity index (χ0n) is 14.4. The van der Waals surface area contributed by atoms with Crippen LogP contribution < -0.4 is 10.1 Å². The monoisotopic (exact) mass is 401 g/mol. The first kappa shape index (κ1) is 20.8. The van der Waals surface area contributed by atoms with Crippen LogP contribution in [0.25, 0.3) is 0 Å². The van der Waals surface area contributed by atoms with E-state index < -0.39 is 27.5 Å². The van der Waals surface area contributed by atoms with Crippen molar-refractivity contribution in [2.45, 2.75) is 18.0 Å². The van der Waals surface area contributed by atoms with Gasteiger partial charge in [0.05, 0.1) is 28.3 Å². The first-order valence-electron chi connectivity index (χ1n) is 8.05. The Morgan fingerprint density at radius 1 is 1.07 bits per heavy atom. The van der Waals surface area contributed by atoms with E-state index in [1.807, 2.05) is 0 Å². The molecule has 0 aliphatic heterocycles. The normalized spacial score (nSPS) is 11.9. The molecule has 0 unspecified atom stereocenters. The van der Waals surface area contributed by atoms with E-state index in [1.165, 1.54) is 37.3 Å². The maximum Gasteiger partial charge on any atom is 0.416 e. The third kappa shape index (κ3) is 5.46. The van der Waals surface area contributed by atoms with Gasteiger partial charge in [0, 0.05) is 0 Å². The summed E-state index contributed by atoms with van der Waals surface area (Å²) in [6.45, 7) is 1.56. The van der Waals surface area contributed by atoms with Crippen molar-refractivity contribution in [3.05, 3.63) is 59.7 Å². The van der Waals surface area contributed by atoms with E-state index in [4.69, 9.17) is 4.74 Å². The van der Waals surface area contributed by atoms with Gasteiger partial charge in [0.1, 0.15) is 12.4 Å². The lowest BCUT2D eigenvalue weighted by molar-refractivity contribution is -0.137. The Kier molecular flexibility index (Phi) is 6.48. The second kappa shape index (κ2) is 8.43.